The number of imide groups is 1. The molecule has 1 aromatic carbocycles. The molecular weight excluding hydrogens is 448 g/mol. The maximum absolute atomic E-state index is 12.4. The van der Waals surface area contributed by atoms with Gasteiger partial charge >= 0.3 is 0 Å². The molecule has 0 aliphatic carbocycles. The van der Waals surface area contributed by atoms with Crippen molar-refractivity contribution in [3.63, 3.8) is 0 Å². The molecule has 0 atom stereocenters. The molecule has 150 valence electrons. The molecule has 2 heterocycles. The Balaban J connectivity index is 1.65. The van der Waals surface area contributed by atoms with Crippen molar-refractivity contribution >= 4 is 50.8 Å². The summed E-state index contributed by atoms with van der Waals surface area (Å²) in [6, 6.07) is 5.13. The molecule has 3 amide bonds. The van der Waals surface area contributed by atoms with Gasteiger partial charge in [0.05, 0.1) is 22.6 Å². The van der Waals surface area contributed by atoms with Gasteiger partial charge in [-0.15, -0.1) is 0 Å². The number of thioether (sulfide) groups is 1. The lowest BCUT2D eigenvalue weighted by Crippen LogP contribution is -2.43. The highest BCUT2D eigenvalue weighted by Crippen LogP contribution is 2.34. The molecule has 7 nitrogen and oxygen atoms in total. The van der Waals surface area contributed by atoms with E-state index in [2.05, 4.69) is 15.9 Å². The van der Waals surface area contributed by atoms with Crippen LogP contribution in [-0.4, -0.2) is 65.8 Å². The Hall–Kier alpha value is -1.84. The number of benzene rings is 1. The minimum atomic E-state index is -0.280. The largest absolute Gasteiger partial charge is 0.483 e. The lowest BCUT2D eigenvalue weighted by atomic mass is 10.2. The van der Waals surface area contributed by atoms with E-state index in [1.165, 1.54) is 4.90 Å². The zero-order valence-corrected chi connectivity index (χ0v) is 18.0. The SMILES string of the molecule is CC(C)N1C(=O)S/C(=C\c2ccc(OCC(=O)N3CCOCC3)c(Br)c2)C1=O. The molecule has 0 saturated carbocycles. The summed E-state index contributed by atoms with van der Waals surface area (Å²) in [5.74, 6) is 0.174. The average molecular weight is 469 g/mol. The van der Waals surface area contributed by atoms with Crippen molar-refractivity contribution in [3.05, 3.63) is 33.1 Å². The van der Waals surface area contributed by atoms with Crippen molar-refractivity contribution in [2.24, 2.45) is 0 Å². The number of hydrogen-bond donors (Lipinski definition) is 0. The van der Waals surface area contributed by atoms with E-state index in [9.17, 15) is 14.4 Å². The molecule has 0 spiro atoms. The Morgan fingerprint density at radius 2 is 2.04 bits per heavy atom. The normalized spacial score (nSPS) is 19.1. The molecule has 2 aliphatic heterocycles. The third kappa shape index (κ3) is 4.76. The molecule has 3 rings (SSSR count). The van der Waals surface area contributed by atoms with E-state index < -0.39 is 0 Å². The summed E-state index contributed by atoms with van der Waals surface area (Å²) in [6.45, 7) is 5.81. The highest BCUT2D eigenvalue weighted by atomic mass is 79.9. The van der Waals surface area contributed by atoms with Crippen molar-refractivity contribution in [3.8, 4) is 5.75 Å². The average Bonchev–Trinajstić information content (AvgIpc) is 2.94. The number of morpholine rings is 1. The first-order valence-electron chi connectivity index (χ1n) is 8.91. The van der Waals surface area contributed by atoms with Crippen LogP contribution < -0.4 is 4.74 Å². The van der Waals surface area contributed by atoms with Crippen LogP contribution in [0, 0.1) is 0 Å². The summed E-state index contributed by atoms with van der Waals surface area (Å²) in [7, 11) is 0. The van der Waals surface area contributed by atoms with Gasteiger partial charge in [0.15, 0.2) is 6.61 Å². The van der Waals surface area contributed by atoms with Crippen LogP contribution in [0.3, 0.4) is 0 Å². The van der Waals surface area contributed by atoms with E-state index in [4.69, 9.17) is 9.47 Å². The third-order valence-electron chi connectivity index (χ3n) is 4.31. The van der Waals surface area contributed by atoms with Crippen LogP contribution in [0.4, 0.5) is 4.79 Å². The van der Waals surface area contributed by atoms with E-state index >= 15 is 0 Å². The van der Waals surface area contributed by atoms with Gasteiger partial charge < -0.3 is 14.4 Å². The smallest absolute Gasteiger partial charge is 0.293 e. The van der Waals surface area contributed by atoms with Gasteiger partial charge in [0.25, 0.3) is 17.1 Å². The highest BCUT2D eigenvalue weighted by molar-refractivity contribution is 9.10. The number of ether oxygens (including phenoxy) is 2. The summed E-state index contributed by atoms with van der Waals surface area (Å²) >= 11 is 4.37. The molecule has 0 bridgehead atoms. The van der Waals surface area contributed by atoms with Crippen molar-refractivity contribution in [2.75, 3.05) is 32.9 Å². The molecule has 0 N–H and O–H groups in total. The van der Waals surface area contributed by atoms with Gasteiger partial charge in [-0.25, -0.2) is 0 Å². The van der Waals surface area contributed by atoms with Gasteiger partial charge in [0.2, 0.25) is 0 Å². The minimum absolute atomic E-state index is 0.0504. The summed E-state index contributed by atoms with van der Waals surface area (Å²) in [5, 5.41) is -0.258. The maximum atomic E-state index is 12.4. The van der Waals surface area contributed by atoms with Crippen LogP contribution >= 0.6 is 27.7 Å². The number of amides is 3. The fourth-order valence-electron chi connectivity index (χ4n) is 2.84. The number of nitrogens with zero attached hydrogens (tertiary/aromatic N) is 2. The first-order chi connectivity index (χ1) is 13.4. The van der Waals surface area contributed by atoms with Gasteiger partial charge in [-0.1, -0.05) is 6.07 Å². The van der Waals surface area contributed by atoms with E-state index in [1.54, 1.807) is 43.0 Å². The minimum Gasteiger partial charge on any atom is -0.483 e. The summed E-state index contributed by atoms with van der Waals surface area (Å²) in [4.78, 5) is 39.9. The molecule has 2 saturated heterocycles. The molecular formula is C19H21BrN2O5S. The molecule has 0 aromatic heterocycles. The molecule has 2 aliphatic rings. The van der Waals surface area contributed by atoms with E-state index in [-0.39, 0.29) is 29.7 Å². The van der Waals surface area contributed by atoms with E-state index in [0.717, 1.165) is 17.3 Å². The second-order valence-electron chi connectivity index (χ2n) is 6.62. The van der Waals surface area contributed by atoms with Crippen LogP contribution in [0.25, 0.3) is 6.08 Å². The molecule has 9 heteroatoms. The lowest BCUT2D eigenvalue weighted by molar-refractivity contribution is -0.137. The van der Waals surface area contributed by atoms with E-state index in [1.807, 2.05) is 0 Å². The maximum Gasteiger partial charge on any atom is 0.293 e. The molecule has 28 heavy (non-hydrogen) atoms. The van der Waals surface area contributed by atoms with Gasteiger partial charge in [-0.3, -0.25) is 19.3 Å². The predicted molar refractivity (Wildman–Crippen MR) is 110 cm³/mol. The third-order valence-corrected chi connectivity index (χ3v) is 5.81. The second-order valence-corrected chi connectivity index (χ2v) is 8.46. The Morgan fingerprint density at radius 1 is 1.32 bits per heavy atom. The Labute approximate surface area is 176 Å². The molecule has 0 radical (unpaired) electrons. The van der Waals surface area contributed by atoms with Crippen LogP contribution in [0.2, 0.25) is 0 Å². The van der Waals surface area contributed by atoms with Gasteiger partial charge in [-0.2, -0.15) is 0 Å². The number of rotatable bonds is 5. The molecule has 0 unspecified atom stereocenters. The van der Waals surface area contributed by atoms with Crippen molar-refractivity contribution in [2.45, 2.75) is 19.9 Å². The fraction of sp³-hybridized carbons (Fsp3) is 0.421. The number of hydrogen-bond acceptors (Lipinski definition) is 6. The number of carbonyl (C=O) groups excluding carboxylic acids is 3. The van der Waals surface area contributed by atoms with Crippen LogP contribution in [0.5, 0.6) is 5.75 Å². The quantitative estimate of drug-likeness (QED) is 0.617. The van der Waals surface area contributed by atoms with Crippen LogP contribution in [-0.2, 0) is 14.3 Å². The zero-order valence-electron chi connectivity index (χ0n) is 15.6. The van der Waals surface area contributed by atoms with Gasteiger partial charge in [0.1, 0.15) is 5.75 Å². The lowest BCUT2D eigenvalue weighted by Gasteiger charge is -2.26. The first kappa shape index (κ1) is 20.9. The standard InChI is InChI=1S/C19H21BrN2O5S/c1-12(2)22-18(24)16(28-19(22)25)10-13-3-4-15(14(20)9-13)27-11-17(23)21-5-7-26-8-6-21/h3-4,9-10,12H,5-8,11H2,1-2H3/b16-10-. The Morgan fingerprint density at radius 3 is 2.64 bits per heavy atom. The van der Waals surface area contributed by atoms with Crippen molar-refractivity contribution in [1.82, 2.24) is 9.80 Å². The topological polar surface area (TPSA) is 76.2 Å². The van der Waals surface area contributed by atoms with Crippen molar-refractivity contribution < 1.29 is 23.9 Å². The summed E-state index contributed by atoms with van der Waals surface area (Å²) in [5.41, 5.74) is 0.757. The monoisotopic (exact) mass is 468 g/mol. The van der Waals surface area contributed by atoms with Crippen LogP contribution in [0.15, 0.2) is 27.6 Å². The first-order valence-corrected chi connectivity index (χ1v) is 10.5. The molecule has 2 fully saturated rings. The summed E-state index contributed by atoms with van der Waals surface area (Å²) < 4.78 is 11.5. The number of halogens is 1. The Bertz CT molecular complexity index is 821. The van der Waals surface area contributed by atoms with Crippen molar-refractivity contribution in [1.29, 1.82) is 0 Å². The summed E-state index contributed by atoms with van der Waals surface area (Å²) in [6.07, 6.45) is 1.68. The highest BCUT2D eigenvalue weighted by Gasteiger charge is 2.36. The predicted octanol–water partition coefficient (Wildman–Crippen LogP) is 3.13. The zero-order chi connectivity index (χ0) is 20.3. The fourth-order valence-corrected chi connectivity index (χ4v) is 4.32. The molecule has 1 aromatic rings. The number of carbonyl (C=O) groups is 3. The van der Waals surface area contributed by atoms with E-state index in [0.29, 0.717) is 41.4 Å². The van der Waals surface area contributed by atoms with Gasteiger partial charge in [-0.05, 0) is 65.3 Å². The van der Waals surface area contributed by atoms with Crippen LogP contribution in [0.1, 0.15) is 19.4 Å². The van der Waals surface area contributed by atoms with Gasteiger partial charge in [0, 0.05) is 19.1 Å². The Kier molecular flexibility index (Phi) is 6.79. The second kappa shape index (κ2) is 9.11.